The van der Waals surface area contributed by atoms with Crippen molar-refractivity contribution in [2.45, 2.75) is 25.9 Å². The molecule has 1 aliphatic carbocycles. The van der Waals surface area contributed by atoms with E-state index < -0.39 is 0 Å². The SMILES string of the molecule is O=C(OCc1ccccc1)C1CCC=C(c2cn[nH]c2)C1. The Bertz CT molecular complexity index is 618. The summed E-state index contributed by atoms with van der Waals surface area (Å²) in [5.74, 6) is -0.156. The Hall–Kier alpha value is -2.36. The first-order valence-electron chi connectivity index (χ1n) is 7.21. The molecule has 1 heterocycles. The second-order valence-corrected chi connectivity index (χ2v) is 5.29. The highest BCUT2D eigenvalue weighted by atomic mass is 16.5. The van der Waals surface area contributed by atoms with E-state index in [1.807, 2.05) is 36.5 Å². The Balaban J connectivity index is 1.57. The van der Waals surface area contributed by atoms with E-state index in [-0.39, 0.29) is 11.9 Å². The van der Waals surface area contributed by atoms with Crippen LogP contribution in [-0.2, 0) is 16.1 Å². The maximum absolute atomic E-state index is 12.2. The average Bonchev–Trinajstić information content (AvgIpc) is 3.08. The Kier molecular flexibility index (Phi) is 4.15. The first-order chi connectivity index (χ1) is 10.3. The van der Waals surface area contributed by atoms with E-state index in [0.717, 1.165) is 30.4 Å². The molecule has 0 saturated carbocycles. The van der Waals surface area contributed by atoms with Gasteiger partial charge in [-0.15, -0.1) is 0 Å². The molecule has 108 valence electrons. The van der Waals surface area contributed by atoms with E-state index in [4.69, 9.17) is 4.74 Å². The zero-order valence-electron chi connectivity index (χ0n) is 11.8. The van der Waals surface area contributed by atoms with Crippen molar-refractivity contribution in [3.63, 3.8) is 0 Å². The van der Waals surface area contributed by atoms with Gasteiger partial charge in [0.1, 0.15) is 6.61 Å². The van der Waals surface area contributed by atoms with Gasteiger partial charge in [-0.25, -0.2) is 0 Å². The molecule has 4 heteroatoms. The van der Waals surface area contributed by atoms with Gasteiger partial charge in [0.2, 0.25) is 0 Å². The summed E-state index contributed by atoms with van der Waals surface area (Å²) < 4.78 is 5.44. The van der Waals surface area contributed by atoms with Gasteiger partial charge in [-0.3, -0.25) is 9.89 Å². The number of carbonyl (C=O) groups excluding carboxylic acids is 1. The first-order valence-corrected chi connectivity index (χ1v) is 7.21. The summed E-state index contributed by atoms with van der Waals surface area (Å²) in [6, 6.07) is 9.78. The number of nitrogens with zero attached hydrogens (tertiary/aromatic N) is 1. The maximum atomic E-state index is 12.2. The van der Waals surface area contributed by atoms with E-state index in [2.05, 4.69) is 16.3 Å². The highest BCUT2D eigenvalue weighted by Gasteiger charge is 2.24. The highest BCUT2D eigenvalue weighted by molar-refractivity contribution is 5.77. The van der Waals surface area contributed by atoms with Crippen LogP contribution in [-0.4, -0.2) is 16.2 Å². The average molecular weight is 282 g/mol. The van der Waals surface area contributed by atoms with Crippen molar-refractivity contribution in [2.75, 3.05) is 0 Å². The van der Waals surface area contributed by atoms with Crippen LogP contribution in [0.1, 0.15) is 30.4 Å². The predicted molar refractivity (Wildman–Crippen MR) is 80.1 cm³/mol. The van der Waals surface area contributed by atoms with Crippen LogP contribution in [0.25, 0.3) is 5.57 Å². The fourth-order valence-electron chi connectivity index (χ4n) is 2.62. The van der Waals surface area contributed by atoms with Crippen LogP contribution in [0.5, 0.6) is 0 Å². The first kappa shape index (κ1) is 13.6. The molecule has 1 aromatic carbocycles. The lowest BCUT2D eigenvalue weighted by Crippen LogP contribution is -2.20. The van der Waals surface area contributed by atoms with Crippen molar-refractivity contribution in [3.05, 3.63) is 59.9 Å². The third-order valence-electron chi connectivity index (χ3n) is 3.80. The number of aromatic nitrogens is 2. The number of rotatable bonds is 4. The summed E-state index contributed by atoms with van der Waals surface area (Å²) in [4.78, 5) is 12.2. The van der Waals surface area contributed by atoms with Crippen molar-refractivity contribution in [2.24, 2.45) is 5.92 Å². The predicted octanol–water partition coefficient (Wildman–Crippen LogP) is 3.34. The number of H-pyrrole nitrogens is 1. The van der Waals surface area contributed by atoms with Gasteiger partial charge in [-0.05, 0) is 30.4 Å². The number of ether oxygens (including phenoxy) is 1. The van der Waals surface area contributed by atoms with Crippen LogP contribution in [0.3, 0.4) is 0 Å². The van der Waals surface area contributed by atoms with E-state index in [9.17, 15) is 4.79 Å². The summed E-state index contributed by atoms with van der Waals surface area (Å²) in [6.45, 7) is 0.348. The lowest BCUT2D eigenvalue weighted by atomic mass is 9.86. The largest absolute Gasteiger partial charge is 0.461 e. The van der Waals surface area contributed by atoms with Gasteiger partial charge in [0.05, 0.1) is 12.1 Å². The van der Waals surface area contributed by atoms with E-state index in [1.165, 1.54) is 5.57 Å². The molecule has 0 fully saturated rings. The van der Waals surface area contributed by atoms with Gasteiger partial charge in [-0.1, -0.05) is 36.4 Å². The van der Waals surface area contributed by atoms with Gasteiger partial charge < -0.3 is 4.74 Å². The summed E-state index contributed by atoms with van der Waals surface area (Å²) in [6.07, 6.45) is 8.34. The van der Waals surface area contributed by atoms with E-state index in [0.29, 0.717) is 6.61 Å². The molecule has 0 radical (unpaired) electrons. The van der Waals surface area contributed by atoms with E-state index in [1.54, 1.807) is 6.20 Å². The summed E-state index contributed by atoms with van der Waals surface area (Å²) in [5, 5.41) is 6.77. The molecule has 2 aromatic rings. The van der Waals surface area contributed by atoms with Crippen LogP contribution < -0.4 is 0 Å². The van der Waals surface area contributed by atoms with Crippen LogP contribution in [0, 0.1) is 5.92 Å². The molecule has 0 saturated heterocycles. The Morgan fingerprint density at radius 2 is 2.19 bits per heavy atom. The molecule has 0 bridgehead atoms. The van der Waals surface area contributed by atoms with Gasteiger partial charge in [-0.2, -0.15) is 5.10 Å². The fourth-order valence-corrected chi connectivity index (χ4v) is 2.62. The molecule has 0 spiro atoms. The number of aromatic amines is 1. The number of benzene rings is 1. The minimum atomic E-state index is -0.104. The van der Waals surface area contributed by atoms with Crippen molar-refractivity contribution in [3.8, 4) is 0 Å². The smallest absolute Gasteiger partial charge is 0.309 e. The van der Waals surface area contributed by atoms with Crippen molar-refractivity contribution >= 4 is 11.5 Å². The van der Waals surface area contributed by atoms with Gasteiger partial charge >= 0.3 is 5.97 Å². The Labute approximate surface area is 123 Å². The summed E-state index contributed by atoms with van der Waals surface area (Å²) >= 11 is 0. The van der Waals surface area contributed by atoms with Crippen LogP contribution in [0.2, 0.25) is 0 Å². The van der Waals surface area contributed by atoms with Crippen LogP contribution in [0.15, 0.2) is 48.8 Å². The summed E-state index contributed by atoms with van der Waals surface area (Å²) in [7, 11) is 0. The number of hydrogen-bond acceptors (Lipinski definition) is 3. The molecule has 21 heavy (non-hydrogen) atoms. The van der Waals surface area contributed by atoms with Crippen LogP contribution >= 0.6 is 0 Å². The van der Waals surface area contributed by atoms with Gasteiger partial charge in [0.25, 0.3) is 0 Å². The molecule has 3 rings (SSSR count). The third kappa shape index (κ3) is 3.40. The van der Waals surface area contributed by atoms with Gasteiger partial charge in [0.15, 0.2) is 0 Å². The molecule has 1 N–H and O–H groups in total. The molecule has 1 aliphatic rings. The molecule has 1 aromatic heterocycles. The van der Waals surface area contributed by atoms with Crippen molar-refractivity contribution in [1.82, 2.24) is 10.2 Å². The summed E-state index contributed by atoms with van der Waals surface area (Å²) in [5.41, 5.74) is 3.26. The second-order valence-electron chi connectivity index (χ2n) is 5.29. The third-order valence-corrected chi connectivity index (χ3v) is 3.80. The number of esters is 1. The molecule has 1 unspecified atom stereocenters. The molecule has 1 atom stereocenters. The number of nitrogens with one attached hydrogen (secondary N) is 1. The Morgan fingerprint density at radius 1 is 1.33 bits per heavy atom. The van der Waals surface area contributed by atoms with Gasteiger partial charge in [0, 0.05) is 11.8 Å². The Morgan fingerprint density at radius 3 is 2.95 bits per heavy atom. The molecule has 4 nitrogen and oxygen atoms in total. The topological polar surface area (TPSA) is 55.0 Å². The lowest BCUT2D eigenvalue weighted by Gasteiger charge is -2.21. The standard InChI is InChI=1S/C17H18N2O2/c20-17(21-12-13-5-2-1-3-6-13)15-8-4-7-14(9-15)16-10-18-19-11-16/h1-3,5-7,10-11,15H,4,8-9,12H2,(H,18,19). The molecular weight excluding hydrogens is 264 g/mol. The molecule has 0 amide bonds. The quantitative estimate of drug-likeness (QED) is 0.875. The minimum absolute atomic E-state index is 0.0522. The number of allylic oxidation sites excluding steroid dienone is 2. The van der Waals surface area contributed by atoms with Crippen LogP contribution in [0.4, 0.5) is 0 Å². The fraction of sp³-hybridized carbons (Fsp3) is 0.294. The lowest BCUT2D eigenvalue weighted by molar-refractivity contribution is -0.150. The normalized spacial score (nSPS) is 18.1. The number of carbonyl (C=O) groups is 1. The van der Waals surface area contributed by atoms with E-state index >= 15 is 0 Å². The maximum Gasteiger partial charge on any atom is 0.309 e. The zero-order valence-corrected chi connectivity index (χ0v) is 11.8. The minimum Gasteiger partial charge on any atom is -0.461 e. The van der Waals surface area contributed by atoms with Crippen molar-refractivity contribution in [1.29, 1.82) is 0 Å². The molecule has 0 aliphatic heterocycles. The number of hydrogen-bond donors (Lipinski definition) is 1. The second kappa shape index (κ2) is 6.39. The highest BCUT2D eigenvalue weighted by Crippen LogP contribution is 2.31. The molecular formula is C17H18N2O2. The monoisotopic (exact) mass is 282 g/mol. The zero-order chi connectivity index (χ0) is 14.5. The van der Waals surface area contributed by atoms with Crippen molar-refractivity contribution < 1.29 is 9.53 Å².